The zero-order chi connectivity index (χ0) is 9.80. The number of rotatable bonds is 2. The molecule has 1 aliphatic heterocycles. The first-order valence-corrected chi connectivity index (χ1v) is 4.58. The van der Waals surface area contributed by atoms with Gasteiger partial charge in [-0.2, -0.15) is 5.26 Å². The van der Waals surface area contributed by atoms with Crippen molar-refractivity contribution in [1.29, 1.82) is 5.26 Å². The van der Waals surface area contributed by atoms with E-state index < -0.39 is 0 Å². The number of anilines is 1. The van der Waals surface area contributed by atoms with Crippen molar-refractivity contribution in [1.82, 2.24) is 15.3 Å². The first kappa shape index (κ1) is 8.91. The third kappa shape index (κ3) is 1.98. The van der Waals surface area contributed by atoms with Gasteiger partial charge < -0.3 is 10.6 Å². The van der Waals surface area contributed by atoms with Gasteiger partial charge in [0.15, 0.2) is 0 Å². The van der Waals surface area contributed by atoms with Gasteiger partial charge >= 0.3 is 0 Å². The van der Waals surface area contributed by atoms with Crippen LogP contribution in [0.4, 0.5) is 5.95 Å². The average molecular weight is 189 g/mol. The topological polar surface area (TPSA) is 73.6 Å². The van der Waals surface area contributed by atoms with Crippen molar-refractivity contribution in [2.75, 3.05) is 18.4 Å². The largest absolute Gasteiger partial charge is 0.350 e. The van der Waals surface area contributed by atoms with E-state index in [-0.39, 0.29) is 0 Å². The van der Waals surface area contributed by atoms with Gasteiger partial charge in [-0.25, -0.2) is 9.97 Å². The van der Waals surface area contributed by atoms with Gasteiger partial charge in [0.1, 0.15) is 6.07 Å². The summed E-state index contributed by atoms with van der Waals surface area (Å²) in [5.74, 6) is 0.595. The fraction of sp³-hybridized carbons (Fsp3) is 0.444. The SMILES string of the molecule is N#Cc1cnc(NC2CCNC2)nc1. The van der Waals surface area contributed by atoms with Crippen LogP contribution in [0.15, 0.2) is 12.4 Å². The standard InChI is InChI=1S/C9H11N5/c10-3-7-4-12-9(13-5-7)14-8-1-2-11-6-8/h4-5,8,11H,1-2,6H2,(H,12,13,14). The highest BCUT2D eigenvalue weighted by Crippen LogP contribution is 2.05. The molecule has 2 N–H and O–H groups in total. The molecule has 1 fully saturated rings. The zero-order valence-corrected chi connectivity index (χ0v) is 7.70. The molecule has 0 amide bonds. The second kappa shape index (κ2) is 4.03. The molecule has 1 atom stereocenters. The summed E-state index contributed by atoms with van der Waals surface area (Å²) in [6.07, 6.45) is 4.14. The van der Waals surface area contributed by atoms with Crippen LogP contribution in [0.3, 0.4) is 0 Å². The number of hydrogen-bond acceptors (Lipinski definition) is 5. The molecular formula is C9H11N5. The maximum Gasteiger partial charge on any atom is 0.222 e. The summed E-state index contributed by atoms with van der Waals surface area (Å²) in [5, 5.41) is 15.0. The molecule has 0 aliphatic carbocycles. The molecule has 1 unspecified atom stereocenters. The van der Waals surface area contributed by atoms with E-state index in [0.29, 0.717) is 17.6 Å². The Morgan fingerprint density at radius 1 is 1.50 bits per heavy atom. The van der Waals surface area contributed by atoms with Crippen LogP contribution < -0.4 is 10.6 Å². The molecule has 1 aromatic rings. The lowest BCUT2D eigenvalue weighted by atomic mass is 10.3. The van der Waals surface area contributed by atoms with Gasteiger partial charge in [-0.1, -0.05) is 0 Å². The van der Waals surface area contributed by atoms with Gasteiger partial charge in [-0.15, -0.1) is 0 Å². The van der Waals surface area contributed by atoms with E-state index in [1.54, 1.807) is 0 Å². The Kier molecular flexibility index (Phi) is 2.56. The van der Waals surface area contributed by atoms with Gasteiger partial charge in [0.2, 0.25) is 5.95 Å². The van der Waals surface area contributed by atoms with Gasteiger partial charge in [0.05, 0.1) is 18.0 Å². The van der Waals surface area contributed by atoms with Crippen LogP contribution in [0.1, 0.15) is 12.0 Å². The van der Waals surface area contributed by atoms with Gasteiger partial charge in [-0.3, -0.25) is 0 Å². The summed E-state index contributed by atoms with van der Waals surface area (Å²) in [6, 6.07) is 2.39. The fourth-order valence-electron chi connectivity index (χ4n) is 1.42. The number of nitrogens with one attached hydrogen (secondary N) is 2. The molecule has 2 heterocycles. The molecule has 2 rings (SSSR count). The fourth-order valence-corrected chi connectivity index (χ4v) is 1.42. The molecule has 5 heteroatoms. The van der Waals surface area contributed by atoms with Crippen LogP contribution in [0, 0.1) is 11.3 Å². The zero-order valence-electron chi connectivity index (χ0n) is 7.70. The molecule has 5 nitrogen and oxygen atoms in total. The Morgan fingerprint density at radius 3 is 2.86 bits per heavy atom. The van der Waals surface area contributed by atoms with Crippen LogP contribution >= 0.6 is 0 Å². The van der Waals surface area contributed by atoms with E-state index >= 15 is 0 Å². The number of hydrogen-bond donors (Lipinski definition) is 2. The first-order valence-electron chi connectivity index (χ1n) is 4.58. The molecule has 0 bridgehead atoms. The highest BCUT2D eigenvalue weighted by atomic mass is 15.1. The van der Waals surface area contributed by atoms with Gasteiger partial charge in [0.25, 0.3) is 0 Å². The lowest BCUT2D eigenvalue weighted by molar-refractivity contribution is 0.780. The smallest absolute Gasteiger partial charge is 0.222 e. The minimum atomic E-state index is 0.405. The maximum atomic E-state index is 8.55. The van der Waals surface area contributed by atoms with Crippen molar-refractivity contribution in [3.05, 3.63) is 18.0 Å². The van der Waals surface area contributed by atoms with E-state index in [9.17, 15) is 0 Å². The van der Waals surface area contributed by atoms with Gasteiger partial charge in [-0.05, 0) is 13.0 Å². The molecule has 0 radical (unpaired) electrons. The van der Waals surface area contributed by atoms with E-state index in [1.807, 2.05) is 6.07 Å². The van der Waals surface area contributed by atoms with E-state index in [2.05, 4.69) is 20.6 Å². The second-order valence-electron chi connectivity index (χ2n) is 3.24. The molecule has 0 spiro atoms. The first-order chi connectivity index (χ1) is 6.88. The summed E-state index contributed by atoms with van der Waals surface area (Å²) < 4.78 is 0. The van der Waals surface area contributed by atoms with Crippen LogP contribution in [0.5, 0.6) is 0 Å². The van der Waals surface area contributed by atoms with E-state index in [0.717, 1.165) is 19.5 Å². The quantitative estimate of drug-likeness (QED) is 0.691. The molecule has 1 aliphatic rings. The van der Waals surface area contributed by atoms with E-state index in [1.165, 1.54) is 12.4 Å². The summed E-state index contributed by atoms with van der Waals surface area (Å²) >= 11 is 0. The van der Waals surface area contributed by atoms with Crippen molar-refractivity contribution in [3.63, 3.8) is 0 Å². The minimum Gasteiger partial charge on any atom is -0.350 e. The molecule has 1 saturated heterocycles. The Labute approximate surface area is 82.2 Å². The summed E-state index contributed by atoms with van der Waals surface area (Å²) in [7, 11) is 0. The Morgan fingerprint density at radius 2 is 2.29 bits per heavy atom. The molecule has 72 valence electrons. The van der Waals surface area contributed by atoms with Crippen molar-refractivity contribution in [2.24, 2.45) is 0 Å². The molecule has 1 aromatic heterocycles. The summed E-state index contributed by atoms with van der Waals surface area (Å²) in [6.45, 7) is 1.98. The van der Waals surface area contributed by atoms with Crippen molar-refractivity contribution in [3.8, 4) is 6.07 Å². The van der Waals surface area contributed by atoms with Crippen molar-refractivity contribution < 1.29 is 0 Å². The van der Waals surface area contributed by atoms with Crippen LogP contribution in [-0.2, 0) is 0 Å². The second-order valence-corrected chi connectivity index (χ2v) is 3.24. The molecule has 0 aromatic carbocycles. The normalized spacial score (nSPS) is 20.4. The van der Waals surface area contributed by atoms with Crippen molar-refractivity contribution in [2.45, 2.75) is 12.5 Å². The van der Waals surface area contributed by atoms with Crippen LogP contribution in [-0.4, -0.2) is 29.1 Å². The monoisotopic (exact) mass is 189 g/mol. The molecule has 14 heavy (non-hydrogen) atoms. The molecular weight excluding hydrogens is 178 g/mol. The lowest BCUT2D eigenvalue weighted by Crippen LogP contribution is -2.23. The van der Waals surface area contributed by atoms with E-state index in [4.69, 9.17) is 5.26 Å². The third-order valence-corrected chi connectivity index (χ3v) is 2.17. The van der Waals surface area contributed by atoms with Crippen LogP contribution in [0.2, 0.25) is 0 Å². The number of aromatic nitrogens is 2. The highest BCUT2D eigenvalue weighted by Gasteiger charge is 2.14. The number of nitrogens with zero attached hydrogens (tertiary/aromatic N) is 3. The predicted molar refractivity (Wildman–Crippen MR) is 51.6 cm³/mol. The Hall–Kier alpha value is -1.67. The maximum absolute atomic E-state index is 8.55. The van der Waals surface area contributed by atoms with Crippen LogP contribution in [0.25, 0.3) is 0 Å². The average Bonchev–Trinajstić information content (AvgIpc) is 2.72. The number of nitriles is 1. The Bertz CT molecular complexity index is 333. The third-order valence-electron chi connectivity index (χ3n) is 2.17. The predicted octanol–water partition coefficient (Wildman–Crippen LogP) is 0.122. The minimum absolute atomic E-state index is 0.405. The lowest BCUT2D eigenvalue weighted by Gasteiger charge is -2.09. The summed E-state index contributed by atoms with van der Waals surface area (Å²) in [5.41, 5.74) is 0.486. The highest BCUT2D eigenvalue weighted by molar-refractivity contribution is 5.31. The molecule has 0 saturated carbocycles. The summed E-state index contributed by atoms with van der Waals surface area (Å²) in [4.78, 5) is 8.08. The van der Waals surface area contributed by atoms with Crippen molar-refractivity contribution >= 4 is 5.95 Å². The Balaban J connectivity index is 1.99. The van der Waals surface area contributed by atoms with Gasteiger partial charge in [0, 0.05) is 12.6 Å².